The molecule has 8 nitrogen and oxygen atoms in total. The number of halogens is 6. The Morgan fingerprint density at radius 1 is 0.735 bits per heavy atom. The van der Waals surface area contributed by atoms with E-state index in [2.05, 4.69) is 57.8 Å². The molecule has 0 unspecified atom stereocenters. The molecule has 0 amide bonds. The van der Waals surface area contributed by atoms with Gasteiger partial charge in [-0.3, -0.25) is 20.1 Å². The van der Waals surface area contributed by atoms with Gasteiger partial charge in [-0.1, -0.05) is 34.8 Å². The number of aromatic nitrogens is 2. The number of fused-ring (bicyclic) bond motifs is 1. The Hall–Kier alpha value is -1.89. The zero-order valence-electron chi connectivity index (χ0n) is 16.8. The van der Waals surface area contributed by atoms with Gasteiger partial charge in [-0.05, 0) is 78.1 Å². The predicted octanol–water partition coefficient (Wildman–Crippen LogP) is 7.91. The van der Waals surface area contributed by atoms with Crippen LogP contribution < -0.4 is 17.2 Å². The molecule has 0 fully saturated rings. The fourth-order valence-corrected chi connectivity index (χ4v) is 4.85. The van der Waals surface area contributed by atoms with Crippen LogP contribution in [0, 0.1) is 10.1 Å². The van der Waals surface area contributed by atoms with Gasteiger partial charge in [-0.15, -0.1) is 0 Å². The molecular weight excluding hydrogens is 702 g/mol. The van der Waals surface area contributed by atoms with E-state index in [0.29, 0.717) is 25.9 Å². The Labute approximate surface area is 234 Å². The van der Waals surface area contributed by atoms with Crippen molar-refractivity contribution in [1.82, 2.24) is 9.97 Å². The van der Waals surface area contributed by atoms with Crippen molar-refractivity contribution in [2.45, 2.75) is 0 Å². The second-order valence-electron chi connectivity index (χ2n) is 6.28. The van der Waals surface area contributed by atoms with E-state index in [1.807, 2.05) is 0 Å². The number of nitro groups is 1. The largest absolute Gasteiger partial charge is 0.397 e. The lowest BCUT2D eigenvalue weighted by atomic mass is 10.3. The lowest BCUT2D eigenvalue weighted by Gasteiger charge is -2.01. The molecule has 0 aliphatic heterocycles. The number of nitrogen functional groups attached to an aromatic ring is 3. The van der Waals surface area contributed by atoms with Crippen LogP contribution in [0.15, 0.2) is 62.2 Å². The second-order valence-corrected chi connectivity index (χ2v) is 10.2. The van der Waals surface area contributed by atoms with Gasteiger partial charge in [0.05, 0.1) is 21.8 Å². The summed E-state index contributed by atoms with van der Waals surface area (Å²) in [5.74, 6) is 0. The molecule has 0 aliphatic carbocycles. The summed E-state index contributed by atoms with van der Waals surface area (Å²) in [6, 6.07) is 9.62. The van der Waals surface area contributed by atoms with Gasteiger partial charge in [-0.2, -0.15) is 0 Å². The van der Waals surface area contributed by atoms with Crippen LogP contribution in [0.4, 0.5) is 22.7 Å². The van der Waals surface area contributed by atoms with Gasteiger partial charge in [-0.25, -0.2) is 0 Å². The van der Waals surface area contributed by atoms with E-state index in [1.165, 1.54) is 12.1 Å². The van der Waals surface area contributed by atoms with Crippen LogP contribution in [-0.4, -0.2) is 14.9 Å². The lowest BCUT2D eigenvalue weighted by molar-refractivity contribution is -0.383. The molecule has 4 rings (SSSR count). The molecular formula is C20H14Br3Cl3N6O2. The number of hydrogen-bond acceptors (Lipinski definition) is 7. The highest BCUT2D eigenvalue weighted by Gasteiger charge is 2.14. The first kappa shape index (κ1) is 28.3. The van der Waals surface area contributed by atoms with E-state index in [4.69, 9.17) is 52.0 Å². The number of hydrogen-bond donors (Lipinski definition) is 3. The number of nitrogens with two attached hydrogens (primary N) is 3. The zero-order chi connectivity index (χ0) is 25.6. The Morgan fingerprint density at radius 3 is 1.82 bits per heavy atom. The minimum atomic E-state index is -0.577. The molecule has 0 saturated heterocycles. The van der Waals surface area contributed by atoms with E-state index in [9.17, 15) is 10.1 Å². The lowest BCUT2D eigenvalue weighted by Crippen LogP contribution is -1.96. The third-order valence-corrected chi connectivity index (χ3v) is 6.46. The Morgan fingerprint density at radius 2 is 1.24 bits per heavy atom. The normalized spacial score (nSPS) is 10.1. The molecule has 6 N–H and O–H groups in total. The van der Waals surface area contributed by atoms with Crippen LogP contribution in [0.5, 0.6) is 0 Å². The average Bonchev–Trinajstić information content (AvgIpc) is 2.75. The van der Waals surface area contributed by atoms with Crippen molar-refractivity contribution in [2.75, 3.05) is 17.2 Å². The SMILES string of the molecule is Clc1cc(Br)c2nccnc2c1.Nc1c(Br)cc(Cl)cc1[N+](=O)[O-].Nc1cc(Cl)cc(Br)c1N. The molecule has 0 bridgehead atoms. The summed E-state index contributed by atoms with van der Waals surface area (Å²) in [5, 5.41) is 11.9. The number of nitrogens with zero attached hydrogens (tertiary/aromatic N) is 3. The molecule has 3 aromatic carbocycles. The minimum absolute atomic E-state index is 0.0874. The summed E-state index contributed by atoms with van der Waals surface area (Å²) in [7, 11) is 0. The fourth-order valence-electron chi connectivity index (χ4n) is 2.33. The molecule has 0 spiro atoms. The van der Waals surface area contributed by atoms with Crippen molar-refractivity contribution in [2.24, 2.45) is 0 Å². The second kappa shape index (κ2) is 12.7. The number of rotatable bonds is 1. The van der Waals surface area contributed by atoms with Crippen molar-refractivity contribution in [1.29, 1.82) is 0 Å². The van der Waals surface area contributed by atoms with Crippen LogP contribution in [0.3, 0.4) is 0 Å². The van der Waals surface area contributed by atoms with Gasteiger partial charge >= 0.3 is 0 Å². The summed E-state index contributed by atoms with van der Waals surface area (Å²) in [5.41, 5.74) is 19.0. The first-order chi connectivity index (χ1) is 15.9. The number of anilines is 3. The molecule has 4 aromatic rings. The van der Waals surface area contributed by atoms with Crippen molar-refractivity contribution >= 4 is 116 Å². The third kappa shape index (κ3) is 7.82. The van der Waals surface area contributed by atoms with Crippen molar-refractivity contribution in [3.05, 3.63) is 87.4 Å². The quantitative estimate of drug-likeness (QED) is 0.103. The molecule has 14 heteroatoms. The molecule has 1 heterocycles. The minimum Gasteiger partial charge on any atom is -0.397 e. The van der Waals surface area contributed by atoms with E-state index in [0.717, 1.165) is 20.0 Å². The molecule has 0 radical (unpaired) electrons. The monoisotopic (exact) mass is 712 g/mol. The van der Waals surface area contributed by atoms with Gasteiger partial charge < -0.3 is 17.2 Å². The Bertz CT molecular complexity index is 1340. The van der Waals surface area contributed by atoms with Crippen LogP contribution in [0.25, 0.3) is 11.0 Å². The average molecular weight is 716 g/mol. The van der Waals surface area contributed by atoms with Gasteiger partial charge in [0.15, 0.2) is 0 Å². The fraction of sp³-hybridized carbons (Fsp3) is 0. The Balaban J connectivity index is 0.000000181. The van der Waals surface area contributed by atoms with Gasteiger partial charge in [0.2, 0.25) is 0 Å². The van der Waals surface area contributed by atoms with Crippen LogP contribution >= 0.6 is 82.6 Å². The molecule has 178 valence electrons. The van der Waals surface area contributed by atoms with Gasteiger partial charge in [0.25, 0.3) is 5.69 Å². The van der Waals surface area contributed by atoms with E-state index in [-0.39, 0.29) is 16.4 Å². The predicted molar refractivity (Wildman–Crippen MR) is 150 cm³/mol. The van der Waals surface area contributed by atoms with Crippen LogP contribution in [0.1, 0.15) is 0 Å². The number of benzene rings is 3. The topological polar surface area (TPSA) is 147 Å². The highest BCUT2D eigenvalue weighted by molar-refractivity contribution is 9.11. The summed E-state index contributed by atoms with van der Waals surface area (Å²) >= 11 is 26.7. The smallest absolute Gasteiger partial charge is 0.294 e. The highest BCUT2D eigenvalue weighted by atomic mass is 79.9. The molecule has 1 aromatic heterocycles. The summed E-state index contributed by atoms with van der Waals surface area (Å²) < 4.78 is 2.04. The van der Waals surface area contributed by atoms with Gasteiger partial charge in [0.1, 0.15) is 11.2 Å². The third-order valence-electron chi connectivity index (χ3n) is 3.89. The standard InChI is InChI=1S/C8H4BrClN2.C6H4BrClN2O2.C6H6BrClN2/c9-6-3-5(10)4-7-8(6)12-2-1-11-7;7-4-1-3(8)2-5(6(4)9)10(11)12;7-4-1-3(8)2-5(9)6(4)10/h1-4H;1-2H,9H2;1-2H,9-10H2. The molecule has 34 heavy (non-hydrogen) atoms. The van der Waals surface area contributed by atoms with E-state index < -0.39 is 4.92 Å². The van der Waals surface area contributed by atoms with Crippen LogP contribution in [-0.2, 0) is 0 Å². The van der Waals surface area contributed by atoms with Crippen molar-refractivity contribution in [3.8, 4) is 0 Å². The summed E-state index contributed by atoms with van der Waals surface area (Å²) in [4.78, 5) is 18.1. The maximum atomic E-state index is 10.4. The molecule has 0 saturated carbocycles. The summed E-state index contributed by atoms with van der Waals surface area (Å²) in [6.07, 6.45) is 3.30. The maximum Gasteiger partial charge on any atom is 0.294 e. The first-order valence-electron chi connectivity index (χ1n) is 8.85. The van der Waals surface area contributed by atoms with Crippen molar-refractivity contribution in [3.63, 3.8) is 0 Å². The van der Waals surface area contributed by atoms with E-state index >= 15 is 0 Å². The first-order valence-corrected chi connectivity index (χ1v) is 12.4. The van der Waals surface area contributed by atoms with Crippen molar-refractivity contribution < 1.29 is 4.92 Å². The number of nitro benzene ring substituents is 1. The van der Waals surface area contributed by atoms with Crippen LogP contribution in [0.2, 0.25) is 15.1 Å². The Kier molecular flexibility index (Phi) is 10.6. The van der Waals surface area contributed by atoms with Gasteiger partial charge in [0, 0.05) is 46.9 Å². The van der Waals surface area contributed by atoms with E-state index in [1.54, 1.807) is 36.7 Å². The molecule has 0 aliphatic rings. The highest BCUT2D eigenvalue weighted by Crippen LogP contribution is 2.33. The maximum absolute atomic E-state index is 10.4. The summed E-state index contributed by atoms with van der Waals surface area (Å²) in [6.45, 7) is 0. The zero-order valence-corrected chi connectivity index (χ0v) is 23.8. The molecule has 0 atom stereocenters.